The molecule has 0 spiro atoms. The van der Waals surface area contributed by atoms with E-state index in [-0.39, 0.29) is 6.03 Å². The third-order valence-electron chi connectivity index (χ3n) is 2.87. The molecule has 5 nitrogen and oxygen atoms in total. The van der Waals surface area contributed by atoms with Crippen molar-refractivity contribution >= 4 is 6.03 Å². The van der Waals surface area contributed by atoms with Crippen LogP contribution in [0.2, 0.25) is 0 Å². The Kier molecular flexibility index (Phi) is 3.80. The van der Waals surface area contributed by atoms with E-state index in [1.807, 2.05) is 4.90 Å². The molecule has 16 heavy (non-hydrogen) atoms. The molecular formula is C11H18N4O. The van der Waals surface area contributed by atoms with Crippen molar-refractivity contribution in [3.8, 4) is 0 Å². The maximum atomic E-state index is 11.7. The van der Waals surface area contributed by atoms with E-state index < -0.39 is 0 Å². The number of amides is 2. The number of H-pyrrole nitrogens is 1. The van der Waals surface area contributed by atoms with Gasteiger partial charge in [-0.3, -0.25) is 0 Å². The predicted octanol–water partition coefficient (Wildman–Crippen LogP) is 1.15. The standard InChI is InChI=1S/C11H18N4O/c16-11(15-6-2-1-3-7-15)13-5-4-10-8-12-9-14-10/h8-9H,1-7H2,(H,12,14)(H,13,16). The highest BCUT2D eigenvalue weighted by molar-refractivity contribution is 5.74. The fourth-order valence-corrected chi connectivity index (χ4v) is 1.93. The van der Waals surface area contributed by atoms with Crippen molar-refractivity contribution in [2.24, 2.45) is 0 Å². The van der Waals surface area contributed by atoms with Crippen LogP contribution in [0.4, 0.5) is 4.79 Å². The number of imidazole rings is 1. The molecule has 0 unspecified atom stereocenters. The Morgan fingerprint density at radius 2 is 2.25 bits per heavy atom. The lowest BCUT2D eigenvalue weighted by Crippen LogP contribution is -2.43. The first-order valence-electron chi connectivity index (χ1n) is 5.86. The van der Waals surface area contributed by atoms with Crippen LogP contribution < -0.4 is 5.32 Å². The summed E-state index contributed by atoms with van der Waals surface area (Å²) < 4.78 is 0. The van der Waals surface area contributed by atoms with Crippen molar-refractivity contribution in [1.29, 1.82) is 0 Å². The molecule has 1 saturated heterocycles. The van der Waals surface area contributed by atoms with E-state index in [1.165, 1.54) is 6.42 Å². The molecule has 88 valence electrons. The summed E-state index contributed by atoms with van der Waals surface area (Å²) >= 11 is 0. The minimum absolute atomic E-state index is 0.0687. The highest BCUT2D eigenvalue weighted by atomic mass is 16.2. The van der Waals surface area contributed by atoms with Crippen molar-refractivity contribution in [3.05, 3.63) is 18.2 Å². The molecule has 0 atom stereocenters. The lowest BCUT2D eigenvalue weighted by atomic mass is 10.1. The zero-order chi connectivity index (χ0) is 11.2. The summed E-state index contributed by atoms with van der Waals surface area (Å²) in [5.41, 5.74) is 1.05. The molecule has 1 aliphatic rings. The highest BCUT2D eigenvalue weighted by Gasteiger charge is 2.15. The Morgan fingerprint density at radius 1 is 1.44 bits per heavy atom. The van der Waals surface area contributed by atoms with Crippen molar-refractivity contribution in [2.45, 2.75) is 25.7 Å². The van der Waals surface area contributed by atoms with E-state index in [9.17, 15) is 4.79 Å². The molecule has 1 aromatic heterocycles. The number of nitrogens with zero attached hydrogens (tertiary/aromatic N) is 2. The monoisotopic (exact) mass is 222 g/mol. The molecule has 1 fully saturated rings. The van der Waals surface area contributed by atoms with Crippen LogP contribution in [0.3, 0.4) is 0 Å². The van der Waals surface area contributed by atoms with Gasteiger partial charge < -0.3 is 15.2 Å². The number of likely N-dealkylation sites (tertiary alicyclic amines) is 1. The van der Waals surface area contributed by atoms with Crippen molar-refractivity contribution in [1.82, 2.24) is 20.2 Å². The van der Waals surface area contributed by atoms with Crippen LogP contribution in [0.5, 0.6) is 0 Å². The number of nitrogens with one attached hydrogen (secondary N) is 2. The Bertz CT molecular complexity index is 317. The number of aromatic amines is 1. The first-order chi connectivity index (χ1) is 7.86. The van der Waals surface area contributed by atoms with Crippen LogP contribution in [0.15, 0.2) is 12.5 Å². The summed E-state index contributed by atoms with van der Waals surface area (Å²) in [5.74, 6) is 0. The molecule has 0 saturated carbocycles. The molecule has 2 heterocycles. The maximum absolute atomic E-state index is 11.7. The number of hydrogen-bond acceptors (Lipinski definition) is 2. The van der Waals surface area contributed by atoms with Gasteiger partial charge in [0.2, 0.25) is 0 Å². The number of piperidine rings is 1. The van der Waals surface area contributed by atoms with Gasteiger partial charge in [0.05, 0.1) is 6.33 Å². The molecular weight excluding hydrogens is 204 g/mol. The minimum atomic E-state index is 0.0687. The van der Waals surface area contributed by atoms with Crippen molar-refractivity contribution in [2.75, 3.05) is 19.6 Å². The first kappa shape index (κ1) is 11.0. The number of rotatable bonds is 3. The zero-order valence-corrected chi connectivity index (χ0v) is 9.41. The molecule has 5 heteroatoms. The van der Waals surface area contributed by atoms with Gasteiger partial charge in [0.1, 0.15) is 0 Å². The van der Waals surface area contributed by atoms with Gasteiger partial charge in [0.25, 0.3) is 0 Å². The fourth-order valence-electron chi connectivity index (χ4n) is 1.93. The Morgan fingerprint density at radius 3 is 2.94 bits per heavy atom. The second-order valence-electron chi connectivity index (χ2n) is 4.11. The van der Waals surface area contributed by atoms with Gasteiger partial charge in [-0.25, -0.2) is 9.78 Å². The largest absolute Gasteiger partial charge is 0.348 e. The smallest absolute Gasteiger partial charge is 0.317 e. The Labute approximate surface area is 95.2 Å². The van der Waals surface area contributed by atoms with Gasteiger partial charge in [-0.2, -0.15) is 0 Å². The second kappa shape index (κ2) is 5.53. The third-order valence-corrected chi connectivity index (χ3v) is 2.87. The molecule has 1 aromatic rings. The molecule has 0 bridgehead atoms. The lowest BCUT2D eigenvalue weighted by molar-refractivity contribution is 0.186. The molecule has 0 aromatic carbocycles. The van der Waals surface area contributed by atoms with E-state index >= 15 is 0 Å². The summed E-state index contributed by atoms with van der Waals surface area (Å²) in [5, 5.41) is 2.93. The second-order valence-corrected chi connectivity index (χ2v) is 4.11. The van der Waals surface area contributed by atoms with Gasteiger partial charge in [-0.15, -0.1) is 0 Å². The van der Waals surface area contributed by atoms with Crippen molar-refractivity contribution in [3.63, 3.8) is 0 Å². The molecule has 0 radical (unpaired) electrons. The van der Waals surface area contributed by atoms with Crippen LogP contribution in [-0.4, -0.2) is 40.5 Å². The van der Waals surface area contributed by atoms with Gasteiger partial charge >= 0.3 is 6.03 Å². The number of carbonyl (C=O) groups excluding carboxylic acids is 1. The van der Waals surface area contributed by atoms with Crippen LogP contribution >= 0.6 is 0 Å². The summed E-state index contributed by atoms with van der Waals surface area (Å²) in [7, 11) is 0. The average molecular weight is 222 g/mol. The summed E-state index contributed by atoms with van der Waals surface area (Å²) in [4.78, 5) is 20.6. The van der Waals surface area contributed by atoms with E-state index in [0.717, 1.165) is 38.0 Å². The molecule has 2 N–H and O–H groups in total. The van der Waals surface area contributed by atoms with Crippen LogP contribution in [0, 0.1) is 0 Å². The first-order valence-corrected chi connectivity index (χ1v) is 5.86. The summed E-state index contributed by atoms with van der Waals surface area (Å²) in [6.07, 6.45) is 7.76. The average Bonchev–Trinajstić information content (AvgIpc) is 2.83. The number of urea groups is 1. The van der Waals surface area contributed by atoms with Crippen LogP contribution in [-0.2, 0) is 6.42 Å². The third kappa shape index (κ3) is 2.98. The number of hydrogen-bond donors (Lipinski definition) is 2. The number of aromatic nitrogens is 2. The molecule has 0 aliphatic carbocycles. The Hall–Kier alpha value is -1.52. The summed E-state index contributed by atoms with van der Waals surface area (Å²) in [6.45, 7) is 2.46. The zero-order valence-electron chi connectivity index (χ0n) is 9.41. The van der Waals surface area contributed by atoms with Crippen molar-refractivity contribution < 1.29 is 4.79 Å². The van der Waals surface area contributed by atoms with E-state index in [4.69, 9.17) is 0 Å². The minimum Gasteiger partial charge on any atom is -0.348 e. The highest BCUT2D eigenvalue weighted by Crippen LogP contribution is 2.08. The number of carbonyl (C=O) groups is 1. The van der Waals surface area contributed by atoms with Crippen LogP contribution in [0.1, 0.15) is 25.0 Å². The SMILES string of the molecule is O=C(NCCc1cnc[nH]1)N1CCCCC1. The van der Waals surface area contributed by atoms with Gasteiger partial charge in [0, 0.05) is 37.9 Å². The maximum Gasteiger partial charge on any atom is 0.317 e. The lowest BCUT2D eigenvalue weighted by Gasteiger charge is -2.26. The van der Waals surface area contributed by atoms with Gasteiger partial charge in [-0.1, -0.05) is 0 Å². The van der Waals surface area contributed by atoms with E-state index in [1.54, 1.807) is 12.5 Å². The quantitative estimate of drug-likeness (QED) is 0.806. The van der Waals surface area contributed by atoms with Gasteiger partial charge in [0.15, 0.2) is 0 Å². The van der Waals surface area contributed by atoms with E-state index in [2.05, 4.69) is 15.3 Å². The van der Waals surface area contributed by atoms with Crippen LogP contribution in [0.25, 0.3) is 0 Å². The van der Waals surface area contributed by atoms with Gasteiger partial charge in [-0.05, 0) is 19.3 Å². The van der Waals surface area contributed by atoms with E-state index in [0.29, 0.717) is 6.54 Å². The fraction of sp³-hybridized carbons (Fsp3) is 0.636. The predicted molar refractivity (Wildman–Crippen MR) is 61.1 cm³/mol. The molecule has 2 rings (SSSR count). The Balaban J connectivity index is 1.67. The normalized spacial score (nSPS) is 16.1. The summed E-state index contributed by atoms with van der Waals surface area (Å²) in [6, 6.07) is 0.0687. The molecule has 2 amide bonds. The topological polar surface area (TPSA) is 61.0 Å². The molecule has 1 aliphatic heterocycles.